The first-order valence-electron chi connectivity index (χ1n) is 7.98. The van der Waals surface area contributed by atoms with Gasteiger partial charge < -0.3 is 14.1 Å². The van der Waals surface area contributed by atoms with E-state index in [2.05, 4.69) is 26.0 Å². The van der Waals surface area contributed by atoms with Gasteiger partial charge in [0.25, 0.3) is 5.91 Å². The molecule has 3 heterocycles. The zero-order chi connectivity index (χ0) is 17.6. The topological polar surface area (TPSA) is 108 Å². The molecule has 1 fully saturated rings. The van der Waals surface area contributed by atoms with Crippen molar-refractivity contribution in [2.75, 3.05) is 27.3 Å². The molecule has 1 saturated heterocycles. The Balaban J connectivity index is 1.49. The summed E-state index contributed by atoms with van der Waals surface area (Å²) in [6, 6.07) is 3.98. The van der Waals surface area contributed by atoms with Gasteiger partial charge in [-0.05, 0) is 18.6 Å². The van der Waals surface area contributed by atoms with E-state index >= 15 is 0 Å². The summed E-state index contributed by atoms with van der Waals surface area (Å²) >= 11 is 1.47. The number of aromatic nitrogens is 3. The third-order valence-corrected chi connectivity index (χ3v) is 4.78. The van der Waals surface area contributed by atoms with Crippen LogP contribution in [-0.2, 0) is 10.5 Å². The van der Waals surface area contributed by atoms with Crippen LogP contribution in [0.3, 0.4) is 0 Å². The Morgan fingerprint density at radius 2 is 2.28 bits per heavy atom. The van der Waals surface area contributed by atoms with Gasteiger partial charge in [0.15, 0.2) is 10.9 Å². The molecule has 2 aromatic heterocycles. The number of carbonyl (C=O) groups excluding carboxylic acids is 1. The van der Waals surface area contributed by atoms with E-state index in [1.807, 2.05) is 6.07 Å². The summed E-state index contributed by atoms with van der Waals surface area (Å²) in [4.78, 5) is 18.2. The molecule has 3 rings (SSSR count). The van der Waals surface area contributed by atoms with Crippen LogP contribution in [0.5, 0.6) is 0 Å². The van der Waals surface area contributed by atoms with Crippen molar-refractivity contribution in [3.63, 3.8) is 0 Å². The summed E-state index contributed by atoms with van der Waals surface area (Å²) in [5.74, 6) is 1.51. The number of amides is 1. The molecule has 2 aromatic rings. The fourth-order valence-corrected chi connectivity index (χ4v) is 3.38. The lowest BCUT2D eigenvalue weighted by molar-refractivity contribution is 0.0749. The molecule has 1 amide bonds. The average molecular weight is 366 g/mol. The van der Waals surface area contributed by atoms with Gasteiger partial charge in [-0.25, -0.2) is 4.98 Å². The minimum absolute atomic E-state index is 0.132. The summed E-state index contributed by atoms with van der Waals surface area (Å²) in [6.07, 6.45) is 2.36. The molecule has 1 aliphatic heterocycles. The van der Waals surface area contributed by atoms with E-state index in [1.165, 1.54) is 18.1 Å². The van der Waals surface area contributed by atoms with Crippen LogP contribution in [0.4, 0.5) is 0 Å². The number of rotatable bonds is 8. The van der Waals surface area contributed by atoms with Gasteiger partial charge in [-0.3, -0.25) is 20.7 Å². The van der Waals surface area contributed by atoms with Crippen molar-refractivity contribution in [2.24, 2.45) is 0 Å². The number of thioether (sulfide) groups is 1. The summed E-state index contributed by atoms with van der Waals surface area (Å²) in [6.45, 7) is 1.24. The van der Waals surface area contributed by atoms with Gasteiger partial charge in [-0.15, -0.1) is 0 Å². The third kappa shape index (κ3) is 4.82. The number of methoxy groups -OCH3 is 1. The zero-order valence-corrected chi connectivity index (χ0v) is 15.0. The number of hydrogen-bond acceptors (Lipinski definition) is 8. The quantitative estimate of drug-likeness (QED) is 0.584. The van der Waals surface area contributed by atoms with Crippen LogP contribution >= 0.6 is 11.8 Å². The maximum absolute atomic E-state index is 12.5. The number of nitrogens with zero attached hydrogens (tertiary/aromatic N) is 3. The first-order valence-corrected chi connectivity index (χ1v) is 8.96. The van der Waals surface area contributed by atoms with E-state index in [0.717, 1.165) is 12.2 Å². The maximum atomic E-state index is 12.5. The van der Waals surface area contributed by atoms with Crippen molar-refractivity contribution in [1.29, 1.82) is 0 Å². The van der Waals surface area contributed by atoms with Gasteiger partial charge in [-0.2, -0.15) is 5.10 Å². The number of nitrogens with one attached hydrogen (secondary N) is 3. The van der Waals surface area contributed by atoms with Gasteiger partial charge in [0, 0.05) is 32.8 Å². The number of hydrazine groups is 1. The molecule has 3 N–H and O–H groups in total. The van der Waals surface area contributed by atoms with Crippen molar-refractivity contribution in [1.82, 2.24) is 30.9 Å². The first-order chi connectivity index (χ1) is 12.2. The number of ether oxygens (including phenoxy) is 1. The van der Waals surface area contributed by atoms with Gasteiger partial charge in [0.05, 0.1) is 12.4 Å². The van der Waals surface area contributed by atoms with Crippen molar-refractivity contribution >= 4 is 17.7 Å². The second kappa shape index (κ2) is 8.48. The van der Waals surface area contributed by atoms with Crippen molar-refractivity contribution in [3.05, 3.63) is 30.0 Å². The van der Waals surface area contributed by atoms with Crippen LogP contribution in [0, 0.1) is 0 Å². The largest absolute Gasteiger partial charge is 0.455 e. The first kappa shape index (κ1) is 17.9. The molecule has 0 spiro atoms. The highest BCUT2D eigenvalue weighted by Crippen LogP contribution is 2.20. The molecular weight excluding hydrogens is 344 g/mol. The Kier molecular flexibility index (Phi) is 6.08. The number of likely N-dealkylation sites (N-methyl/N-ethyl adjacent to an activating group) is 1. The van der Waals surface area contributed by atoms with E-state index in [4.69, 9.17) is 9.15 Å². The second-order valence-corrected chi connectivity index (χ2v) is 6.87. The van der Waals surface area contributed by atoms with E-state index in [0.29, 0.717) is 29.8 Å². The Morgan fingerprint density at radius 1 is 1.44 bits per heavy atom. The molecule has 25 heavy (non-hydrogen) atoms. The van der Waals surface area contributed by atoms with Crippen LogP contribution < -0.4 is 10.9 Å². The van der Waals surface area contributed by atoms with Crippen LogP contribution in [-0.4, -0.2) is 65.4 Å². The molecule has 0 bridgehead atoms. The van der Waals surface area contributed by atoms with Gasteiger partial charge in [0.1, 0.15) is 12.1 Å². The Bertz CT molecular complexity index is 677. The molecule has 2 unspecified atom stereocenters. The zero-order valence-electron chi connectivity index (χ0n) is 14.2. The monoisotopic (exact) mass is 366 g/mol. The molecule has 9 nitrogen and oxygen atoms in total. The Morgan fingerprint density at radius 3 is 3.04 bits per heavy atom. The fourth-order valence-electron chi connectivity index (χ4n) is 2.70. The standard InChI is InChI=1S/C15H22N6O3S/c1-21(6-10-5-11(7-23-2)19-18-10)14(22)13-4-3-12(24-13)8-25-15-16-9-17-20-15/h3-4,9-11,18-19H,5-8H2,1-2H3,(H,16,17,20). The molecule has 136 valence electrons. The maximum Gasteiger partial charge on any atom is 0.289 e. The molecular formula is C15H22N6O3S. The van der Waals surface area contributed by atoms with Gasteiger partial charge >= 0.3 is 0 Å². The predicted octanol–water partition coefficient (Wildman–Crippen LogP) is 0.644. The highest BCUT2D eigenvalue weighted by Gasteiger charge is 2.26. The SMILES string of the molecule is COCC1CC(CN(C)C(=O)c2ccc(CSc3ncn[nH]3)o2)NN1. The van der Waals surface area contributed by atoms with Crippen LogP contribution in [0.25, 0.3) is 0 Å². The lowest BCUT2D eigenvalue weighted by Gasteiger charge is -2.19. The van der Waals surface area contributed by atoms with Crippen LogP contribution in [0.15, 0.2) is 28.0 Å². The normalized spacial score (nSPS) is 20.1. The summed E-state index contributed by atoms with van der Waals surface area (Å²) in [7, 11) is 3.46. The lowest BCUT2D eigenvalue weighted by Crippen LogP contribution is -2.41. The van der Waals surface area contributed by atoms with Crippen LogP contribution in [0.1, 0.15) is 22.7 Å². The molecule has 2 atom stereocenters. The summed E-state index contributed by atoms with van der Waals surface area (Å²) in [5, 5.41) is 7.28. The average Bonchev–Trinajstić information content (AvgIpc) is 3.34. The molecule has 0 radical (unpaired) electrons. The second-order valence-electron chi connectivity index (χ2n) is 5.90. The molecule has 0 saturated carbocycles. The van der Waals surface area contributed by atoms with Crippen molar-refractivity contribution < 1.29 is 13.9 Å². The molecule has 0 aromatic carbocycles. The highest BCUT2D eigenvalue weighted by molar-refractivity contribution is 7.98. The number of hydrogen-bond donors (Lipinski definition) is 3. The number of H-pyrrole nitrogens is 1. The van der Waals surface area contributed by atoms with E-state index in [9.17, 15) is 4.79 Å². The van der Waals surface area contributed by atoms with Crippen molar-refractivity contribution in [3.8, 4) is 0 Å². The number of aromatic amines is 1. The molecule has 1 aliphatic rings. The van der Waals surface area contributed by atoms with E-state index in [1.54, 1.807) is 25.1 Å². The molecule has 10 heteroatoms. The minimum Gasteiger partial charge on any atom is -0.455 e. The van der Waals surface area contributed by atoms with E-state index in [-0.39, 0.29) is 18.0 Å². The number of furan rings is 1. The lowest BCUT2D eigenvalue weighted by atomic mass is 10.1. The number of carbonyl (C=O) groups is 1. The van der Waals surface area contributed by atoms with Crippen LogP contribution in [0.2, 0.25) is 0 Å². The third-order valence-electron chi connectivity index (χ3n) is 3.89. The summed E-state index contributed by atoms with van der Waals surface area (Å²) < 4.78 is 10.8. The van der Waals surface area contributed by atoms with E-state index < -0.39 is 0 Å². The Hall–Kier alpha value is -1.88. The van der Waals surface area contributed by atoms with Gasteiger partial charge in [0.2, 0.25) is 0 Å². The predicted molar refractivity (Wildman–Crippen MR) is 92.0 cm³/mol. The Labute approximate surface area is 149 Å². The van der Waals surface area contributed by atoms with Crippen molar-refractivity contribution in [2.45, 2.75) is 29.4 Å². The smallest absolute Gasteiger partial charge is 0.289 e. The molecule has 0 aliphatic carbocycles. The fraction of sp³-hybridized carbons (Fsp3) is 0.533. The highest BCUT2D eigenvalue weighted by atomic mass is 32.2. The minimum atomic E-state index is -0.132. The summed E-state index contributed by atoms with van der Waals surface area (Å²) in [5.41, 5.74) is 6.37. The van der Waals surface area contributed by atoms with Gasteiger partial charge in [-0.1, -0.05) is 11.8 Å².